The number of nitrogens with one attached hydrogen (secondary N) is 2. The Morgan fingerprint density at radius 1 is 1.41 bits per heavy atom. The normalized spacial score (nSPS) is 13.7. The van der Waals surface area contributed by atoms with Crippen LogP contribution in [0.3, 0.4) is 0 Å². The van der Waals surface area contributed by atoms with E-state index < -0.39 is 5.97 Å². The molecule has 0 unspecified atom stereocenters. The van der Waals surface area contributed by atoms with Gasteiger partial charge in [-0.15, -0.1) is 11.3 Å². The highest BCUT2D eigenvalue weighted by Crippen LogP contribution is 2.28. The predicted molar refractivity (Wildman–Crippen MR) is 97.4 cm³/mol. The van der Waals surface area contributed by atoms with Crippen molar-refractivity contribution < 1.29 is 23.5 Å². The summed E-state index contributed by atoms with van der Waals surface area (Å²) < 4.78 is 9.68. The number of ether oxygens (including phenoxy) is 1. The summed E-state index contributed by atoms with van der Waals surface area (Å²) in [6, 6.07) is 1.58. The van der Waals surface area contributed by atoms with Crippen LogP contribution in [-0.4, -0.2) is 53.9 Å². The number of carbonyl (C=O) groups excluding carboxylic acids is 3. The van der Waals surface area contributed by atoms with Gasteiger partial charge in [0.2, 0.25) is 5.91 Å². The van der Waals surface area contributed by atoms with Crippen molar-refractivity contribution in [1.29, 1.82) is 0 Å². The number of furan rings is 1. The second-order valence-corrected chi connectivity index (χ2v) is 6.98. The molecule has 2 aromatic rings. The Balaban J connectivity index is 1.51. The molecule has 1 aliphatic heterocycles. The molecule has 9 nitrogen and oxygen atoms in total. The molecule has 3 heterocycles. The summed E-state index contributed by atoms with van der Waals surface area (Å²) in [5, 5.41) is 5.84. The fourth-order valence-electron chi connectivity index (χ4n) is 2.64. The molecule has 2 aromatic heterocycles. The number of nitrogens with zero attached hydrogens (tertiary/aromatic N) is 2. The molecule has 0 bridgehead atoms. The highest BCUT2D eigenvalue weighted by atomic mass is 32.1. The van der Waals surface area contributed by atoms with Crippen molar-refractivity contribution in [3.05, 3.63) is 34.7 Å². The van der Waals surface area contributed by atoms with Gasteiger partial charge in [0.25, 0.3) is 5.91 Å². The molecule has 2 amide bonds. The maximum atomic E-state index is 12.1. The van der Waals surface area contributed by atoms with E-state index in [0.717, 1.165) is 10.6 Å². The summed E-state index contributed by atoms with van der Waals surface area (Å²) in [4.78, 5) is 42.8. The van der Waals surface area contributed by atoms with Gasteiger partial charge in [0, 0.05) is 24.4 Å². The number of esters is 1. The predicted octanol–water partition coefficient (Wildman–Crippen LogP) is 1.03. The molecule has 1 aliphatic rings. The molecule has 3 rings (SSSR count). The van der Waals surface area contributed by atoms with Crippen LogP contribution in [0.15, 0.2) is 23.0 Å². The van der Waals surface area contributed by atoms with Gasteiger partial charge >= 0.3 is 5.97 Å². The van der Waals surface area contributed by atoms with E-state index in [4.69, 9.17) is 9.15 Å². The summed E-state index contributed by atoms with van der Waals surface area (Å²) in [5.41, 5.74) is 1.37. The Morgan fingerprint density at radius 2 is 2.26 bits per heavy atom. The fraction of sp³-hybridized carbons (Fsp3) is 0.412. The van der Waals surface area contributed by atoms with Gasteiger partial charge in [-0.3, -0.25) is 24.6 Å². The average Bonchev–Trinajstić information content (AvgIpc) is 3.29. The van der Waals surface area contributed by atoms with Gasteiger partial charge in [-0.25, -0.2) is 4.98 Å². The second-order valence-electron chi connectivity index (χ2n) is 5.90. The van der Waals surface area contributed by atoms with Crippen LogP contribution < -0.4 is 10.6 Å². The number of fused-ring (bicyclic) bond motifs is 1. The topological polar surface area (TPSA) is 114 Å². The van der Waals surface area contributed by atoms with Gasteiger partial charge in [-0.2, -0.15) is 0 Å². The highest BCUT2D eigenvalue weighted by Gasteiger charge is 2.23. The molecular weight excluding hydrogens is 372 g/mol. The van der Waals surface area contributed by atoms with Gasteiger partial charge in [-0.05, 0) is 13.0 Å². The van der Waals surface area contributed by atoms with E-state index >= 15 is 0 Å². The zero-order chi connectivity index (χ0) is 19.2. The van der Waals surface area contributed by atoms with Crippen molar-refractivity contribution in [3.8, 4) is 0 Å². The lowest BCUT2D eigenvalue weighted by Gasteiger charge is -2.24. The number of anilines is 1. The minimum atomic E-state index is -0.452. The van der Waals surface area contributed by atoms with Crippen LogP contribution in [0.5, 0.6) is 0 Å². The molecule has 27 heavy (non-hydrogen) atoms. The first-order chi connectivity index (χ1) is 13.0. The Bertz CT molecular complexity index is 817. The lowest BCUT2D eigenvalue weighted by molar-refractivity contribution is -0.143. The molecule has 0 spiro atoms. The van der Waals surface area contributed by atoms with E-state index in [0.29, 0.717) is 30.2 Å². The summed E-state index contributed by atoms with van der Waals surface area (Å²) in [7, 11) is 0. The van der Waals surface area contributed by atoms with E-state index in [1.807, 2.05) is 4.90 Å². The number of carbonyl (C=O) groups is 3. The Labute approximate surface area is 159 Å². The van der Waals surface area contributed by atoms with E-state index in [2.05, 4.69) is 15.6 Å². The molecule has 0 saturated heterocycles. The van der Waals surface area contributed by atoms with Crippen LogP contribution in [0.4, 0.5) is 5.13 Å². The molecule has 2 N–H and O–H groups in total. The second kappa shape index (κ2) is 8.78. The molecule has 10 heteroatoms. The molecule has 0 saturated carbocycles. The van der Waals surface area contributed by atoms with Crippen LogP contribution in [0.1, 0.15) is 27.9 Å². The minimum Gasteiger partial charge on any atom is -0.472 e. The van der Waals surface area contributed by atoms with Gasteiger partial charge in [0.1, 0.15) is 12.8 Å². The number of hydrogen-bond acceptors (Lipinski definition) is 8. The Morgan fingerprint density at radius 3 is 3.00 bits per heavy atom. The third-order valence-electron chi connectivity index (χ3n) is 3.92. The Kier molecular flexibility index (Phi) is 6.20. The lowest BCUT2D eigenvalue weighted by Crippen LogP contribution is -2.41. The Hall–Kier alpha value is -2.72. The summed E-state index contributed by atoms with van der Waals surface area (Å²) in [6.45, 7) is 3.31. The van der Waals surface area contributed by atoms with E-state index in [1.165, 1.54) is 23.9 Å². The molecule has 144 valence electrons. The maximum absolute atomic E-state index is 12.1. The zero-order valence-electron chi connectivity index (χ0n) is 14.8. The van der Waals surface area contributed by atoms with Crippen LogP contribution in [-0.2, 0) is 27.3 Å². The lowest BCUT2D eigenvalue weighted by atomic mass is 10.2. The molecule has 0 fully saturated rings. The van der Waals surface area contributed by atoms with Gasteiger partial charge in [-0.1, -0.05) is 0 Å². The molecule has 0 radical (unpaired) electrons. The quantitative estimate of drug-likeness (QED) is 0.677. The third kappa shape index (κ3) is 5.14. The minimum absolute atomic E-state index is 0.128. The maximum Gasteiger partial charge on any atom is 0.325 e. The van der Waals surface area contributed by atoms with Crippen molar-refractivity contribution in [2.75, 3.05) is 31.6 Å². The van der Waals surface area contributed by atoms with Crippen molar-refractivity contribution in [1.82, 2.24) is 15.2 Å². The molecule has 0 aliphatic carbocycles. The van der Waals surface area contributed by atoms with Crippen LogP contribution in [0.25, 0.3) is 0 Å². The number of hydrogen-bond donors (Lipinski definition) is 2. The summed E-state index contributed by atoms with van der Waals surface area (Å²) in [5.74, 6) is -0.957. The molecular formula is C17H20N4O5S. The van der Waals surface area contributed by atoms with Crippen molar-refractivity contribution >= 4 is 34.3 Å². The van der Waals surface area contributed by atoms with Crippen molar-refractivity contribution in [2.45, 2.75) is 19.9 Å². The molecule has 0 atom stereocenters. The van der Waals surface area contributed by atoms with Gasteiger partial charge < -0.3 is 14.5 Å². The third-order valence-corrected chi connectivity index (χ3v) is 4.91. The largest absolute Gasteiger partial charge is 0.472 e. The zero-order valence-corrected chi connectivity index (χ0v) is 15.6. The van der Waals surface area contributed by atoms with E-state index in [-0.39, 0.29) is 31.5 Å². The summed E-state index contributed by atoms with van der Waals surface area (Å²) >= 11 is 1.40. The van der Waals surface area contributed by atoms with Gasteiger partial charge in [0.15, 0.2) is 5.13 Å². The van der Waals surface area contributed by atoms with E-state index in [9.17, 15) is 14.4 Å². The molecule has 0 aromatic carbocycles. The fourth-order valence-corrected chi connectivity index (χ4v) is 3.69. The average molecular weight is 392 g/mol. The first kappa shape index (κ1) is 19.1. The highest BCUT2D eigenvalue weighted by molar-refractivity contribution is 7.15. The SMILES string of the molecule is CCOC(=O)CNC(=O)CN1CCc2nc(NC(=O)c3ccoc3)sc2C1. The smallest absolute Gasteiger partial charge is 0.325 e. The first-order valence-electron chi connectivity index (χ1n) is 8.52. The van der Waals surface area contributed by atoms with Crippen molar-refractivity contribution in [2.24, 2.45) is 0 Å². The number of aromatic nitrogens is 1. The number of thiazole rings is 1. The number of amides is 2. The van der Waals surface area contributed by atoms with Gasteiger partial charge in [0.05, 0.1) is 30.7 Å². The number of rotatable bonds is 7. The van der Waals surface area contributed by atoms with Crippen molar-refractivity contribution in [3.63, 3.8) is 0 Å². The summed E-state index contributed by atoms with van der Waals surface area (Å²) in [6.07, 6.45) is 3.50. The van der Waals surface area contributed by atoms with Crippen LogP contribution >= 0.6 is 11.3 Å². The van der Waals surface area contributed by atoms with Crippen LogP contribution in [0, 0.1) is 0 Å². The monoisotopic (exact) mass is 392 g/mol. The van der Waals surface area contributed by atoms with E-state index in [1.54, 1.807) is 13.0 Å². The standard InChI is InChI=1S/C17H20N4O5S/c1-2-26-15(23)7-18-14(22)9-21-5-3-12-13(8-21)27-17(19-12)20-16(24)11-4-6-25-10-11/h4,6,10H,2-3,5,7-9H2,1H3,(H,18,22)(H,19,20,24). The first-order valence-corrected chi connectivity index (χ1v) is 9.33. The van der Waals surface area contributed by atoms with Crippen LogP contribution in [0.2, 0.25) is 0 Å².